The third kappa shape index (κ3) is 5.09. The molecule has 20 heavy (non-hydrogen) atoms. The number of hydrogen-bond donors (Lipinski definition) is 2. The maximum absolute atomic E-state index is 11.7. The van der Waals surface area contributed by atoms with E-state index < -0.39 is 6.04 Å². The smallest absolute Gasteiger partial charge is 0.258 e. The van der Waals surface area contributed by atoms with Gasteiger partial charge in [-0.1, -0.05) is 11.6 Å². The predicted molar refractivity (Wildman–Crippen MR) is 78.0 cm³/mol. The number of halogens is 1. The fourth-order valence-corrected chi connectivity index (χ4v) is 1.82. The maximum atomic E-state index is 11.7. The summed E-state index contributed by atoms with van der Waals surface area (Å²) in [7, 11) is 0. The summed E-state index contributed by atoms with van der Waals surface area (Å²) < 4.78 is 5.39. The minimum atomic E-state index is -0.586. The summed E-state index contributed by atoms with van der Waals surface area (Å²) in [6.45, 7) is 5.66. The summed E-state index contributed by atoms with van der Waals surface area (Å²) in [5.41, 5.74) is 0.849. The van der Waals surface area contributed by atoms with Gasteiger partial charge in [0.25, 0.3) is 5.91 Å². The lowest BCUT2D eigenvalue weighted by atomic mass is 10.2. The number of aryl methyl sites for hydroxylation is 1. The van der Waals surface area contributed by atoms with Crippen LogP contribution in [-0.4, -0.2) is 31.0 Å². The quantitative estimate of drug-likeness (QED) is 0.839. The number of benzene rings is 1. The number of ether oxygens (including phenoxy) is 1. The molecule has 0 bridgehead atoms. The van der Waals surface area contributed by atoms with Crippen LogP contribution < -0.4 is 15.4 Å². The van der Waals surface area contributed by atoms with Crippen molar-refractivity contribution in [2.75, 3.05) is 13.2 Å². The van der Waals surface area contributed by atoms with Gasteiger partial charge in [-0.25, -0.2) is 0 Å². The largest absolute Gasteiger partial charge is 0.484 e. The van der Waals surface area contributed by atoms with Crippen LogP contribution in [-0.2, 0) is 9.59 Å². The Hall–Kier alpha value is -1.75. The molecule has 1 rings (SSSR count). The van der Waals surface area contributed by atoms with Crippen molar-refractivity contribution in [3.8, 4) is 5.75 Å². The average Bonchev–Trinajstić information content (AvgIpc) is 2.37. The molecule has 0 spiro atoms. The minimum absolute atomic E-state index is 0.147. The summed E-state index contributed by atoms with van der Waals surface area (Å²) in [4.78, 5) is 23.1. The molecule has 2 amide bonds. The van der Waals surface area contributed by atoms with Gasteiger partial charge in [-0.2, -0.15) is 0 Å². The van der Waals surface area contributed by atoms with E-state index in [1.807, 2.05) is 13.8 Å². The summed E-state index contributed by atoms with van der Waals surface area (Å²) in [6.07, 6.45) is 0. The fraction of sp³-hybridized carbons (Fsp3) is 0.429. The van der Waals surface area contributed by atoms with E-state index in [9.17, 15) is 9.59 Å². The highest BCUT2D eigenvalue weighted by atomic mass is 35.5. The Bertz CT molecular complexity index is 491. The molecule has 2 N–H and O–H groups in total. The second-order valence-electron chi connectivity index (χ2n) is 4.38. The highest BCUT2D eigenvalue weighted by Crippen LogP contribution is 2.21. The molecule has 5 nitrogen and oxygen atoms in total. The molecule has 0 aliphatic heterocycles. The van der Waals surface area contributed by atoms with Gasteiger partial charge < -0.3 is 15.4 Å². The van der Waals surface area contributed by atoms with Gasteiger partial charge in [0, 0.05) is 11.6 Å². The van der Waals surface area contributed by atoms with Crippen LogP contribution in [0.2, 0.25) is 5.02 Å². The first-order chi connectivity index (χ1) is 9.43. The van der Waals surface area contributed by atoms with Gasteiger partial charge in [0.05, 0.1) is 0 Å². The van der Waals surface area contributed by atoms with Gasteiger partial charge >= 0.3 is 0 Å². The molecule has 1 aromatic rings. The molecule has 0 aromatic heterocycles. The van der Waals surface area contributed by atoms with Crippen LogP contribution in [0.15, 0.2) is 18.2 Å². The molecule has 110 valence electrons. The highest BCUT2D eigenvalue weighted by molar-refractivity contribution is 6.30. The monoisotopic (exact) mass is 298 g/mol. The number of carbonyl (C=O) groups excluding carboxylic acids is 2. The number of amides is 2. The first-order valence-corrected chi connectivity index (χ1v) is 6.77. The molecule has 0 saturated heterocycles. The Balaban J connectivity index is 2.45. The second kappa shape index (κ2) is 7.75. The van der Waals surface area contributed by atoms with Crippen molar-refractivity contribution in [3.63, 3.8) is 0 Å². The minimum Gasteiger partial charge on any atom is -0.484 e. The van der Waals surface area contributed by atoms with E-state index in [0.29, 0.717) is 17.3 Å². The lowest BCUT2D eigenvalue weighted by Gasteiger charge is -2.14. The van der Waals surface area contributed by atoms with Crippen molar-refractivity contribution >= 4 is 23.4 Å². The topological polar surface area (TPSA) is 67.4 Å². The number of likely N-dealkylation sites (N-methyl/N-ethyl adjacent to an activating group) is 1. The molecule has 0 aliphatic rings. The zero-order chi connectivity index (χ0) is 15.1. The number of nitrogens with one attached hydrogen (secondary N) is 2. The van der Waals surface area contributed by atoms with Gasteiger partial charge in [-0.3, -0.25) is 9.59 Å². The van der Waals surface area contributed by atoms with E-state index >= 15 is 0 Å². The Morgan fingerprint density at radius 1 is 1.40 bits per heavy atom. The van der Waals surface area contributed by atoms with E-state index in [1.54, 1.807) is 25.1 Å². The van der Waals surface area contributed by atoms with Crippen molar-refractivity contribution in [2.45, 2.75) is 26.8 Å². The Morgan fingerprint density at radius 3 is 2.70 bits per heavy atom. The van der Waals surface area contributed by atoms with Crippen molar-refractivity contribution < 1.29 is 14.3 Å². The van der Waals surface area contributed by atoms with Crippen molar-refractivity contribution in [1.82, 2.24) is 10.6 Å². The standard InChI is InChI=1S/C14H19ClN2O3/c1-4-16-14(19)10(3)17-13(18)8-20-12-6-5-11(15)7-9(12)2/h5-7,10H,4,8H2,1-3H3,(H,16,19)(H,17,18)/t10-/m0/s1. The first-order valence-electron chi connectivity index (χ1n) is 6.40. The molecule has 0 fully saturated rings. The van der Waals surface area contributed by atoms with Gasteiger partial charge in [-0.05, 0) is 44.5 Å². The summed E-state index contributed by atoms with van der Waals surface area (Å²) in [5.74, 6) is 0.0249. The molecular formula is C14H19ClN2O3. The number of hydrogen-bond acceptors (Lipinski definition) is 3. The van der Waals surface area contributed by atoms with Gasteiger partial charge in [0.2, 0.25) is 5.91 Å². The Kier molecular flexibility index (Phi) is 6.31. The third-order valence-electron chi connectivity index (χ3n) is 2.62. The van der Waals surface area contributed by atoms with Crippen molar-refractivity contribution in [1.29, 1.82) is 0 Å². The molecular weight excluding hydrogens is 280 g/mol. The lowest BCUT2D eigenvalue weighted by molar-refractivity contribution is -0.129. The third-order valence-corrected chi connectivity index (χ3v) is 2.85. The summed E-state index contributed by atoms with van der Waals surface area (Å²) >= 11 is 5.83. The van der Waals surface area contributed by atoms with Crippen LogP contribution in [0.3, 0.4) is 0 Å². The SMILES string of the molecule is CCNC(=O)[C@H](C)NC(=O)COc1ccc(Cl)cc1C. The molecule has 6 heteroatoms. The van der Waals surface area contributed by atoms with Crippen LogP contribution in [0.25, 0.3) is 0 Å². The molecule has 0 heterocycles. The van der Waals surface area contributed by atoms with Crippen molar-refractivity contribution in [3.05, 3.63) is 28.8 Å². The zero-order valence-electron chi connectivity index (χ0n) is 11.8. The van der Waals surface area contributed by atoms with E-state index in [0.717, 1.165) is 5.56 Å². The van der Waals surface area contributed by atoms with Crippen LogP contribution in [0.1, 0.15) is 19.4 Å². The van der Waals surface area contributed by atoms with E-state index in [4.69, 9.17) is 16.3 Å². The highest BCUT2D eigenvalue weighted by Gasteiger charge is 2.15. The summed E-state index contributed by atoms with van der Waals surface area (Å²) in [6, 6.07) is 4.57. The molecule has 0 aliphatic carbocycles. The van der Waals surface area contributed by atoms with Crippen LogP contribution in [0.4, 0.5) is 0 Å². The fourth-order valence-electron chi connectivity index (χ4n) is 1.59. The molecule has 1 atom stereocenters. The van der Waals surface area contributed by atoms with Crippen LogP contribution in [0, 0.1) is 6.92 Å². The normalized spacial score (nSPS) is 11.6. The molecule has 0 saturated carbocycles. The van der Waals surface area contributed by atoms with Crippen LogP contribution >= 0.6 is 11.6 Å². The maximum Gasteiger partial charge on any atom is 0.258 e. The van der Waals surface area contributed by atoms with Gasteiger partial charge in [0.1, 0.15) is 11.8 Å². The molecule has 0 radical (unpaired) electrons. The Morgan fingerprint density at radius 2 is 2.10 bits per heavy atom. The second-order valence-corrected chi connectivity index (χ2v) is 4.82. The molecule has 1 aromatic carbocycles. The van der Waals surface area contributed by atoms with Crippen LogP contribution in [0.5, 0.6) is 5.75 Å². The zero-order valence-corrected chi connectivity index (χ0v) is 12.6. The first kappa shape index (κ1) is 16.3. The van der Waals surface area contributed by atoms with E-state index in [1.165, 1.54) is 0 Å². The molecule has 0 unspecified atom stereocenters. The van der Waals surface area contributed by atoms with Gasteiger partial charge in [0.15, 0.2) is 6.61 Å². The lowest BCUT2D eigenvalue weighted by Crippen LogP contribution is -2.46. The predicted octanol–water partition coefficient (Wildman–Crippen LogP) is 1.67. The van der Waals surface area contributed by atoms with E-state index in [2.05, 4.69) is 10.6 Å². The Labute approximate surface area is 123 Å². The average molecular weight is 299 g/mol. The number of rotatable bonds is 6. The van der Waals surface area contributed by atoms with Crippen molar-refractivity contribution in [2.24, 2.45) is 0 Å². The number of carbonyl (C=O) groups is 2. The van der Waals surface area contributed by atoms with Gasteiger partial charge in [-0.15, -0.1) is 0 Å². The summed E-state index contributed by atoms with van der Waals surface area (Å²) in [5, 5.41) is 5.81. The van der Waals surface area contributed by atoms with E-state index in [-0.39, 0.29) is 18.4 Å².